The Labute approximate surface area is 199 Å². The maximum atomic E-state index is 13.1. The van der Waals surface area contributed by atoms with Gasteiger partial charge in [0.1, 0.15) is 5.82 Å². The number of hydrogen-bond acceptors (Lipinski definition) is 4. The molecule has 34 heavy (non-hydrogen) atoms. The predicted octanol–water partition coefficient (Wildman–Crippen LogP) is 4.45. The van der Waals surface area contributed by atoms with Crippen molar-refractivity contribution < 1.29 is 18.0 Å². The lowest BCUT2D eigenvalue weighted by Crippen LogP contribution is -2.50. The number of rotatable bonds is 6. The van der Waals surface area contributed by atoms with Gasteiger partial charge in [-0.25, -0.2) is 4.98 Å². The molecule has 3 unspecified atom stereocenters. The quantitative estimate of drug-likeness (QED) is 0.672. The Bertz CT molecular complexity index is 988. The summed E-state index contributed by atoms with van der Waals surface area (Å²) in [6, 6.07) is 11.2. The Morgan fingerprint density at radius 1 is 1.15 bits per heavy atom. The second-order valence-corrected chi connectivity index (χ2v) is 9.62. The normalized spacial score (nSPS) is 22.1. The molecular formula is C26H33F3N4O. The van der Waals surface area contributed by atoms with Crippen LogP contribution in [0.2, 0.25) is 0 Å². The van der Waals surface area contributed by atoms with Crippen LogP contribution in [0.4, 0.5) is 19.0 Å². The zero-order valence-corrected chi connectivity index (χ0v) is 19.8. The maximum absolute atomic E-state index is 13.1. The number of nitrogens with zero attached hydrogens (tertiary/aromatic N) is 3. The van der Waals surface area contributed by atoms with E-state index in [-0.39, 0.29) is 11.8 Å². The van der Waals surface area contributed by atoms with Crippen molar-refractivity contribution in [1.29, 1.82) is 0 Å². The van der Waals surface area contributed by atoms with E-state index in [1.807, 2.05) is 9.80 Å². The number of anilines is 1. The molecule has 8 heteroatoms. The van der Waals surface area contributed by atoms with Crippen LogP contribution in [0.3, 0.4) is 0 Å². The van der Waals surface area contributed by atoms with Crippen molar-refractivity contribution >= 4 is 11.7 Å². The molecule has 1 aromatic heterocycles. The summed E-state index contributed by atoms with van der Waals surface area (Å²) in [6.07, 6.45) is 0.479. The van der Waals surface area contributed by atoms with Crippen LogP contribution in [0, 0.1) is 12.8 Å². The van der Waals surface area contributed by atoms with E-state index in [9.17, 15) is 18.0 Å². The van der Waals surface area contributed by atoms with Gasteiger partial charge in [-0.3, -0.25) is 4.79 Å². The maximum Gasteiger partial charge on any atom is 0.416 e. The number of aromatic nitrogens is 1. The average Bonchev–Trinajstić information content (AvgIpc) is 3.28. The van der Waals surface area contributed by atoms with Crippen molar-refractivity contribution in [1.82, 2.24) is 15.2 Å². The first-order valence-corrected chi connectivity index (χ1v) is 12.1. The summed E-state index contributed by atoms with van der Waals surface area (Å²) in [4.78, 5) is 20.9. The predicted molar refractivity (Wildman–Crippen MR) is 127 cm³/mol. The van der Waals surface area contributed by atoms with Gasteiger partial charge in [0.05, 0.1) is 5.56 Å². The molecule has 0 spiro atoms. The lowest BCUT2D eigenvalue weighted by atomic mass is 10.0. The highest BCUT2D eigenvalue weighted by molar-refractivity contribution is 5.79. The standard InChI is InChI=1S/C26H33F3N4O/c1-18-5-3-4-6-20(18)15-19(2)31-23-8-7-21(16-23)25(34)33-13-11-32(12-14-33)24-17-22(9-10-30-24)26(27,28)29/h3-6,9-10,17,19,21,23,31H,7-8,11-16H2,1-2H3. The fourth-order valence-corrected chi connectivity index (χ4v) is 5.17. The Morgan fingerprint density at radius 2 is 1.88 bits per heavy atom. The molecule has 0 bridgehead atoms. The van der Waals surface area contributed by atoms with Crippen LogP contribution in [-0.4, -0.2) is 54.1 Å². The molecule has 184 valence electrons. The molecule has 1 aliphatic heterocycles. The lowest BCUT2D eigenvalue weighted by molar-refractivity contribution is -0.137. The zero-order valence-electron chi connectivity index (χ0n) is 19.8. The fourth-order valence-electron chi connectivity index (χ4n) is 5.17. The van der Waals surface area contributed by atoms with Crippen molar-refractivity contribution in [3.8, 4) is 0 Å². The van der Waals surface area contributed by atoms with E-state index < -0.39 is 11.7 Å². The third kappa shape index (κ3) is 5.90. The Morgan fingerprint density at radius 3 is 2.59 bits per heavy atom. The van der Waals surface area contributed by atoms with Gasteiger partial charge in [0.2, 0.25) is 5.91 Å². The number of pyridine rings is 1. The van der Waals surface area contributed by atoms with Crippen molar-refractivity contribution in [3.05, 3.63) is 59.3 Å². The third-order valence-electron chi connectivity index (χ3n) is 7.08. The first-order chi connectivity index (χ1) is 16.2. The van der Waals surface area contributed by atoms with Gasteiger partial charge >= 0.3 is 6.18 Å². The van der Waals surface area contributed by atoms with Crippen LogP contribution >= 0.6 is 0 Å². The van der Waals surface area contributed by atoms with Gasteiger partial charge in [0.25, 0.3) is 0 Å². The Hall–Kier alpha value is -2.61. The smallest absolute Gasteiger partial charge is 0.353 e. The van der Waals surface area contributed by atoms with E-state index >= 15 is 0 Å². The molecule has 5 nitrogen and oxygen atoms in total. The van der Waals surface area contributed by atoms with Crippen LogP contribution in [0.1, 0.15) is 42.9 Å². The average molecular weight is 475 g/mol. The van der Waals surface area contributed by atoms with Crippen molar-refractivity contribution in [2.24, 2.45) is 5.92 Å². The summed E-state index contributed by atoms with van der Waals surface area (Å²) in [5.41, 5.74) is 1.95. The SMILES string of the molecule is Cc1ccccc1CC(C)NC1CCC(C(=O)N2CCN(c3cc(C(F)(F)F)ccn3)CC2)C1. The second kappa shape index (κ2) is 10.3. The minimum Gasteiger partial charge on any atom is -0.353 e. The zero-order chi connectivity index (χ0) is 24.3. The summed E-state index contributed by atoms with van der Waals surface area (Å²) in [6.45, 7) is 6.33. The number of nitrogens with one attached hydrogen (secondary N) is 1. The minimum atomic E-state index is -4.39. The van der Waals surface area contributed by atoms with Gasteiger partial charge in [-0.15, -0.1) is 0 Å². The van der Waals surface area contributed by atoms with Crippen LogP contribution in [-0.2, 0) is 17.4 Å². The molecule has 2 heterocycles. The topological polar surface area (TPSA) is 48.5 Å². The van der Waals surface area contributed by atoms with Crippen LogP contribution < -0.4 is 10.2 Å². The summed E-state index contributed by atoms with van der Waals surface area (Å²) in [5, 5.41) is 3.71. The number of carbonyl (C=O) groups excluding carboxylic acids is 1. The molecule has 4 rings (SSSR count). The fraction of sp³-hybridized carbons (Fsp3) is 0.538. The van der Waals surface area contributed by atoms with E-state index in [0.717, 1.165) is 37.8 Å². The molecule has 1 aliphatic carbocycles. The highest BCUT2D eigenvalue weighted by Gasteiger charge is 2.35. The number of piperazine rings is 1. The summed E-state index contributed by atoms with van der Waals surface area (Å²) < 4.78 is 39.0. The van der Waals surface area contributed by atoms with E-state index in [4.69, 9.17) is 0 Å². The van der Waals surface area contributed by atoms with Crippen molar-refractivity contribution in [3.63, 3.8) is 0 Å². The Kier molecular flexibility index (Phi) is 7.45. The van der Waals surface area contributed by atoms with Gasteiger partial charge in [0.15, 0.2) is 0 Å². The van der Waals surface area contributed by atoms with Crippen LogP contribution in [0.25, 0.3) is 0 Å². The number of amides is 1. The molecule has 2 fully saturated rings. The second-order valence-electron chi connectivity index (χ2n) is 9.62. The molecule has 1 saturated carbocycles. The van der Waals surface area contributed by atoms with Crippen molar-refractivity contribution in [2.75, 3.05) is 31.1 Å². The summed E-state index contributed by atoms with van der Waals surface area (Å²) in [7, 11) is 0. The number of aryl methyl sites for hydroxylation is 1. The first-order valence-electron chi connectivity index (χ1n) is 12.1. The number of alkyl halides is 3. The van der Waals surface area contributed by atoms with E-state index in [2.05, 4.69) is 48.4 Å². The first kappa shape index (κ1) is 24.5. The van der Waals surface area contributed by atoms with Crippen LogP contribution in [0.15, 0.2) is 42.6 Å². The highest BCUT2D eigenvalue weighted by atomic mass is 19.4. The van der Waals surface area contributed by atoms with Crippen LogP contribution in [0.5, 0.6) is 0 Å². The number of hydrogen-bond donors (Lipinski definition) is 1. The van der Waals surface area contributed by atoms with Crippen molar-refractivity contribution in [2.45, 2.75) is 57.8 Å². The Balaban J connectivity index is 1.25. The third-order valence-corrected chi connectivity index (χ3v) is 7.08. The molecule has 1 saturated heterocycles. The number of benzene rings is 1. The molecule has 2 aliphatic rings. The number of carbonyl (C=O) groups is 1. The van der Waals surface area contributed by atoms with Gasteiger partial charge in [-0.2, -0.15) is 13.2 Å². The molecular weight excluding hydrogens is 441 g/mol. The lowest BCUT2D eigenvalue weighted by Gasteiger charge is -2.36. The van der Waals surface area contributed by atoms with E-state index in [0.29, 0.717) is 44.1 Å². The van der Waals surface area contributed by atoms with Gasteiger partial charge < -0.3 is 15.1 Å². The molecule has 1 N–H and O–H groups in total. The highest BCUT2D eigenvalue weighted by Crippen LogP contribution is 2.32. The van der Waals surface area contributed by atoms with Gasteiger partial charge in [-0.05, 0) is 62.8 Å². The molecule has 0 radical (unpaired) electrons. The molecule has 3 atom stereocenters. The monoisotopic (exact) mass is 474 g/mol. The minimum absolute atomic E-state index is 0.0152. The van der Waals surface area contributed by atoms with Gasteiger partial charge in [0, 0.05) is 50.4 Å². The molecule has 1 amide bonds. The number of halogens is 3. The molecule has 2 aromatic rings. The largest absolute Gasteiger partial charge is 0.416 e. The van der Waals surface area contributed by atoms with E-state index in [1.165, 1.54) is 17.3 Å². The summed E-state index contributed by atoms with van der Waals surface area (Å²) >= 11 is 0. The molecule has 1 aromatic carbocycles. The van der Waals surface area contributed by atoms with E-state index in [1.54, 1.807) is 0 Å². The summed E-state index contributed by atoms with van der Waals surface area (Å²) in [5.74, 6) is 0.503. The van der Waals surface area contributed by atoms with Gasteiger partial charge in [-0.1, -0.05) is 24.3 Å².